The molecule has 1 rings (SSSR count). The summed E-state index contributed by atoms with van der Waals surface area (Å²) in [6.45, 7) is 0. The third kappa shape index (κ3) is 1.20. The van der Waals surface area contributed by atoms with Gasteiger partial charge in [-0.3, -0.25) is 0 Å². The maximum atomic E-state index is 3.85. The van der Waals surface area contributed by atoms with Crippen molar-refractivity contribution in [3.05, 3.63) is 24.3 Å². The quantitative estimate of drug-likeness (QED) is 0.382. The molecule has 0 radical (unpaired) electrons. The first kappa shape index (κ1) is 4.10. The average Bonchev–Trinajstić information content (AvgIpc) is 1.90. The molecule has 0 aliphatic carbocycles. The van der Waals surface area contributed by atoms with Crippen LogP contribution in [-0.4, -0.2) is 12.4 Å². The fourth-order valence-electron chi connectivity index (χ4n) is 0.377. The van der Waals surface area contributed by atoms with E-state index in [1.54, 1.807) is 12.4 Å². The summed E-state index contributed by atoms with van der Waals surface area (Å²) >= 11 is 0. The van der Waals surface area contributed by atoms with Crippen molar-refractivity contribution in [1.29, 1.82) is 0 Å². The molecule has 0 spiro atoms. The van der Waals surface area contributed by atoms with E-state index in [1.165, 1.54) is 0 Å². The molecular formula is C6H6N+. The lowest BCUT2D eigenvalue weighted by molar-refractivity contribution is 1.75. The molecule has 34 valence electrons. The Labute approximate surface area is 42.4 Å². The van der Waals surface area contributed by atoms with Gasteiger partial charge in [0.25, 0.3) is 12.4 Å². The Kier molecular flexibility index (Phi) is 1.27. The zero-order chi connectivity index (χ0) is 4.95. The molecule has 1 aliphatic heterocycles. The third-order valence-corrected chi connectivity index (χ3v) is 0.678. The van der Waals surface area contributed by atoms with Gasteiger partial charge in [-0.05, 0) is 0 Å². The molecular weight excluding hydrogens is 86.1 g/mol. The van der Waals surface area contributed by atoms with Crippen molar-refractivity contribution in [3.63, 3.8) is 0 Å². The zero-order valence-corrected chi connectivity index (χ0v) is 3.91. The first-order chi connectivity index (χ1) is 3.50. The SMILES string of the molecule is C1=CC=[N+]=CC=C1. The molecule has 1 heteroatoms. The lowest BCUT2D eigenvalue weighted by Gasteiger charge is -1.54. The van der Waals surface area contributed by atoms with Gasteiger partial charge in [-0.25, -0.2) is 0 Å². The molecule has 7 heavy (non-hydrogen) atoms. The Hall–Kier alpha value is -1.07. The summed E-state index contributed by atoms with van der Waals surface area (Å²) < 4.78 is 3.85. The Bertz CT molecular complexity index is 141. The van der Waals surface area contributed by atoms with E-state index in [-0.39, 0.29) is 0 Å². The van der Waals surface area contributed by atoms with Gasteiger partial charge in [0.2, 0.25) is 0 Å². The predicted molar refractivity (Wildman–Crippen MR) is 32.5 cm³/mol. The minimum Gasteiger partial charge on any atom is -0.101 e. The predicted octanol–water partition coefficient (Wildman–Crippen LogP) is 0.321. The van der Waals surface area contributed by atoms with Crippen LogP contribution < -0.4 is 4.67 Å². The Balaban J connectivity index is 2.86. The zero-order valence-electron chi connectivity index (χ0n) is 3.91. The summed E-state index contributed by atoms with van der Waals surface area (Å²) in [4.78, 5) is 0. The highest BCUT2D eigenvalue weighted by Gasteiger charge is 1.75. The highest BCUT2D eigenvalue weighted by molar-refractivity contribution is 5.81. The molecule has 0 fully saturated rings. The number of hydrogen-bond acceptors (Lipinski definition) is 0. The topological polar surface area (TPSA) is 14.1 Å². The average molecular weight is 92.1 g/mol. The van der Waals surface area contributed by atoms with Gasteiger partial charge in [0.05, 0.1) is 0 Å². The van der Waals surface area contributed by atoms with Gasteiger partial charge in [0.1, 0.15) is 0 Å². The van der Waals surface area contributed by atoms with Crippen molar-refractivity contribution in [3.8, 4) is 0 Å². The molecule has 0 aromatic heterocycles. The maximum absolute atomic E-state index is 3.85. The van der Waals surface area contributed by atoms with Gasteiger partial charge in [0, 0.05) is 12.2 Å². The van der Waals surface area contributed by atoms with Crippen molar-refractivity contribution in [2.75, 3.05) is 0 Å². The van der Waals surface area contributed by atoms with Crippen LogP contribution in [0.1, 0.15) is 0 Å². The first-order valence-corrected chi connectivity index (χ1v) is 2.18. The third-order valence-electron chi connectivity index (χ3n) is 0.678. The van der Waals surface area contributed by atoms with Crippen LogP contribution in [0.5, 0.6) is 0 Å². The Morgan fingerprint density at radius 3 is 1.86 bits per heavy atom. The molecule has 0 aromatic rings. The summed E-state index contributed by atoms with van der Waals surface area (Å²) in [5.41, 5.74) is 0. The lowest BCUT2D eigenvalue weighted by Crippen LogP contribution is -1.70. The van der Waals surface area contributed by atoms with Crippen LogP contribution in [-0.2, 0) is 0 Å². The minimum absolute atomic E-state index is 1.75. The summed E-state index contributed by atoms with van der Waals surface area (Å²) in [6.07, 6.45) is 11.2. The standard InChI is InChI=1S/C6H6N/c1-2-4-6-7-5-3-1/h1-6H/q+1. The van der Waals surface area contributed by atoms with E-state index in [9.17, 15) is 0 Å². The van der Waals surface area contributed by atoms with Crippen LogP contribution in [0.15, 0.2) is 24.3 Å². The van der Waals surface area contributed by atoms with Crippen LogP contribution in [0.3, 0.4) is 0 Å². The number of allylic oxidation sites excluding steroid dienone is 4. The molecule has 1 heterocycles. The molecule has 0 aromatic carbocycles. The van der Waals surface area contributed by atoms with Gasteiger partial charge in [0.15, 0.2) is 0 Å². The van der Waals surface area contributed by atoms with E-state index in [0.717, 1.165) is 0 Å². The molecule has 1 nitrogen and oxygen atoms in total. The smallest absolute Gasteiger partial charge is 0.101 e. The van der Waals surface area contributed by atoms with Crippen molar-refractivity contribution < 1.29 is 0 Å². The van der Waals surface area contributed by atoms with Crippen LogP contribution >= 0.6 is 0 Å². The molecule has 0 bridgehead atoms. The molecule has 1 aliphatic rings. The Morgan fingerprint density at radius 2 is 1.29 bits per heavy atom. The maximum Gasteiger partial charge on any atom is 0.292 e. The highest BCUT2D eigenvalue weighted by Crippen LogP contribution is 1.71. The van der Waals surface area contributed by atoms with Crippen LogP contribution in [0.2, 0.25) is 0 Å². The number of hydrogen-bond donors (Lipinski definition) is 0. The number of rotatable bonds is 0. The second-order valence-electron chi connectivity index (χ2n) is 1.22. The summed E-state index contributed by atoms with van der Waals surface area (Å²) in [5, 5.41) is 0. The van der Waals surface area contributed by atoms with E-state index in [4.69, 9.17) is 0 Å². The second-order valence-corrected chi connectivity index (χ2v) is 1.22. The first-order valence-electron chi connectivity index (χ1n) is 2.18. The van der Waals surface area contributed by atoms with E-state index in [0.29, 0.717) is 0 Å². The van der Waals surface area contributed by atoms with Gasteiger partial charge < -0.3 is 0 Å². The van der Waals surface area contributed by atoms with Gasteiger partial charge >= 0.3 is 0 Å². The van der Waals surface area contributed by atoms with E-state index < -0.39 is 0 Å². The summed E-state index contributed by atoms with van der Waals surface area (Å²) in [7, 11) is 0. The van der Waals surface area contributed by atoms with Crippen molar-refractivity contribution >= 4 is 12.4 Å². The van der Waals surface area contributed by atoms with Gasteiger partial charge in [-0.15, -0.1) is 4.67 Å². The largest absolute Gasteiger partial charge is 0.292 e. The minimum atomic E-state index is 1.75. The van der Waals surface area contributed by atoms with E-state index >= 15 is 0 Å². The Morgan fingerprint density at radius 1 is 0.714 bits per heavy atom. The molecule has 0 amide bonds. The molecule has 0 atom stereocenters. The van der Waals surface area contributed by atoms with Crippen LogP contribution in [0.4, 0.5) is 0 Å². The van der Waals surface area contributed by atoms with Crippen molar-refractivity contribution in [2.24, 2.45) is 0 Å². The molecule has 0 N–H and O–H groups in total. The number of nitrogens with zero attached hydrogens (tertiary/aromatic N) is 1. The fraction of sp³-hybridized carbons (Fsp3) is 0. The van der Waals surface area contributed by atoms with Crippen LogP contribution in [0.25, 0.3) is 0 Å². The van der Waals surface area contributed by atoms with Crippen LogP contribution in [0, 0.1) is 0 Å². The van der Waals surface area contributed by atoms with E-state index in [1.807, 2.05) is 24.3 Å². The monoisotopic (exact) mass is 92.0 g/mol. The van der Waals surface area contributed by atoms with Gasteiger partial charge in [-0.2, -0.15) is 0 Å². The normalized spacial score (nSPS) is 14.9. The lowest BCUT2D eigenvalue weighted by atomic mass is 10.5. The second kappa shape index (κ2) is 2.17. The summed E-state index contributed by atoms with van der Waals surface area (Å²) in [5.74, 6) is 0. The van der Waals surface area contributed by atoms with E-state index in [2.05, 4.69) is 4.67 Å². The molecule has 0 unspecified atom stereocenters. The molecule has 0 saturated heterocycles. The van der Waals surface area contributed by atoms with Gasteiger partial charge in [-0.1, -0.05) is 12.2 Å². The summed E-state index contributed by atoms with van der Waals surface area (Å²) in [6, 6.07) is 0. The molecule has 0 saturated carbocycles. The van der Waals surface area contributed by atoms with Crippen molar-refractivity contribution in [1.82, 2.24) is 4.67 Å². The highest BCUT2D eigenvalue weighted by atomic mass is 14.5. The van der Waals surface area contributed by atoms with Crippen molar-refractivity contribution in [2.45, 2.75) is 0 Å². The fourth-order valence-corrected chi connectivity index (χ4v) is 0.377.